The first kappa shape index (κ1) is 15.4. The van der Waals surface area contributed by atoms with Crippen LogP contribution in [0.4, 0.5) is 11.4 Å². The third kappa shape index (κ3) is 2.27. The predicted octanol–water partition coefficient (Wildman–Crippen LogP) is -0.413. The van der Waals surface area contributed by atoms with E-state index in [1.807, 2.05) is 0 Å². The summed E-state index contributed by atoms with van der Waals surface area (Å²) >= 11 is 0. The third-order valence-electron chi connectivity index (χ3n) is 2.80. The van der Waals surface area contributed by atoms with E-state index >= 15 is 0 Å². The van der Waals surface area contributed by atoms with Gasteiger partial charge in [-0.2, -0.15) is 0 Å². The highest BCUT2D eigenvalue weighted by molar-refractivity contribution is 6.12. The van der Waals surface area contributed by atoms with Crippen molar-refractivity contribution in [3.05, 3.63) is 11.1 Å². The van der Waals surface area contributed by atoms with Gasteiger partial charge >= 0.3 is 0 Å². The Labute approximate surface area is 116 Å². The lowest BCUT2D eigenvalue weighted by molar-refractivity contribution is 0.0958. The normalized spacial score (nSPS) is 9.80. The van der Waals surface area contributed by atoms with Gasteiger partial charge < -0.3 is 31.6 Å². The zero-order valence-corrected chi connectivity index (χ0v) is 11.8. The van der Waals surface area contributed by atoms with Gasteiger partial charge in [0.2, 0.25) is 0 Å². The fourth-order valence-corrected chi connectivity index (χ4v) is 1.87. The summed E-state index contributed by atoms with van der Waals surface area (Å²) in [5.74, 6) is -0.965. The van der Waals surface area contributed by atoms with Gasteiger partial charge in [-0.1, -0.05) is 0 Å². The Morgan fingerprint density at radius 2 is 1.20 bits per heavy atom. The van der Waals surface area contributed by atoms with Crippen molar-refractivity contribution >= 4 is 23.2 Å². The second-order valence-electron chi connectivity index (χ2n) is 3.80. The molecule has 0 saturated heterocycles. The molecule has 2 amide bonds. The molecule has 0 spiro atoms. The second kappa shape index (κ2) is 6.00. The minimum atomic E-state index is -0.511. The molecule has 0 aliphatic heterocycles. The highest BCUT2D eigenvalue weighted by atomic mass is 16.5. The molecule has 20 heavy (non-hydrogen) atoms. The maximum absolute atomic E-state index is 12.0. The summed E-state index contributed by atoms with van der Waals surface area (Å²) in [6.45, 7) is 0. The van der Waals surface area contributed by atoms with Crippen molar-refractivity contribution in [2.75, 3.05) is 39.8 Å². The minimum absolute atomic E-state index is 0.000324. The number of methoxy groups -OCH3 is 2. The molecular formula is C12H18N4O4. The van der Waals surface area contributed by atoms with E-state index in [0.29, 0.717) is 0 Å². The second-order valence-corrected chi connectivity index (χ2v) is 3.80. The number of benzene rings is 1. The lowest BCUT2D eigenvalue weighted by atomic mass is 10.0. The van der Waals surface area contributed by atoms with Crippen molar-refractivity contribution in [3.8, 4) is 11.5 Å². The largest absolute Gasteiger partial charge is 0.495 e. The SMILES string of the molecule is CNC(=O)c1c(N)c(OC)c(N)c(C(=O)NC)c1OC. The molecule has 0 aliphatic rings. The monoisotopic (exact) mass is 282 g/mol. The summed E-state index contributed by atoms with van der Waals surface area (Å²) < 4.78 is 10.2. The summed E-state index contributed by atoms with van der Waals surface area (Å²) in [7, 11) is 5.53. The van der Waals surface area contributed by atoms with E-state index in [2.05, 4.69) is 10.6 Å². The molecule has 0 atom stereocenters. The Balaban J connectivity index is 3.84. The van der Waals surface area contributed by atoms with Crippen LogP contribution in [0.5, 0.6) is 11.5 Å². The Morgan fingerprint density at radius 1 is 0.850 bits per heavy atom. The van der Waals surface area contributed by atoms with Crippen molar-refractivity contribution in [2.24, 2.45) is 0 Å². The van der Waals surface area contributed by atoms with Crippen molar-refractivity contribution < 1.29 is 19.1 Å². The number of nitrogen functional groups attached to an aromatic ring is 2. The quantitative estimate of drug-likeness (QED) is 0.555. The van der Waals surface area contributed by atoms with E-state index in [9.17, 15) is 9.59 Å². The molecule has 0 bridgehead atoms. The van der Waals surface area contributed by atoms with Gasteiger partial charge in [-0.25, -0.2) is 0 Å². The van der Waals surface area contributed by atoms with Gasteiger partial charge in [0, 0.05) is 14.1 Å². The van der Waals surface area contributed by atoms with Gasteiger partial charge in [0.1, 0.15) is 16.9 Å². The van der Waals surface area contributed by atoms with Crippen LogP contribution in [-0.2, 0) is 0 Å². The molecule has 1 aromatic rings. The standard InChI is InChI=1S/C12H18N4O4/c1-15-11(17)5-7(13)10(20-4)8(14)6(9(5)19-3)12(18)16-2/h13-14H2,1-4H3,(H,15,17)(H,16,18). The number of nitrogens with two attached hydrogens (primary N) is 2. The summed E-state index contributed by atoms with van der Waals surface area (Å²) in [6, 6.07) is 0. The van der Waals surface area contributed by atoms with Crippen molar-refractivity contribution in [1.29, 1.82) is 0 Å². The van der Waals surface area contributed by atoms with Gasteiger partial charge in [-0.3, -0.25) is 9.59 Å². The topological polar surface area (TPSA) is 129 Å². The molecule has 0 aliphatic carbocycles. The lowest BCUT2D eigenvalue weighted by Crippen LogP contribution is -2.26. The van der Waals surface area contributed by atoms with Crippen LogP contribution in [0.2, 0.25) is 0 Å². The summed E-state index contributed by atoms with van der Waals surface area (Å²) in [6.07, 6.45) is 0. The Bertz CT molecular complexity index is 514. The highest BCUT2D eigenvalue weighted by Crippen LogP contribution is 2.42. The Hall–Kier alpha value is -2.64. The molecule has 1 rings (SSSR count). The van der Waals surface area contributed by atoms with Crippen molar-refractivity contribution in [2.45, 2.75) is 0 Å². The summed E-state index contributed by atoms with van der Waals surface area (Å²) in [4.78, 5) is 23.9. The van der Waals surface area contributed by atoms with Crippen LogP contribution in [0.3, 0.4) is 0 Å². The zero-order chi connectivity index (χ0) is 15.4. The molecule has 8 nitrogen and oxygen atoms in total. The van der Waals surface area contributed by atoms with Gasteiger partial charge in [-0.05, 0) is 0 Å². The predicted molar refractivity (Wildman–Crippen MR) is 75.2 cm³/mol. The number of rotatable bonds is 4. The first-order valence-corrected chi connectivity index (χ1v) is 5.71. The average molecular weight is 282 g/mol. The van der Waals surface area contributed by atoms with E-state index in [-0.39, 0.29) is 34.0 Å². The molecule has 1 aromatic carbocycles. The van der Waals surface area contributed by atoms with E-state index in [1.165, 1.54) is 28.3 Å². The number of anilines is 2. The maximum atomic E-state index is 12.0. The van der Waals surface area contributed by atoms with E-state index in [4.69, 9.17) is 20.9 Å². The average Bonchev–Trinajstić information content (AvgIpc) is 2.45. The number of carbonyl (C=O) groups excluding carboxylic acids is 2. The summed E-state index contributed by atoms with van der Waals surface area (Å²) in [5, 5.41) is 4.85. The number of amides is 2. The molecule has 0 saturated carbocycles. The molecule has 0 heterocycles. The van der Waals surface area contributed by atoms with E-state index < -0.39 is 11.8 Å². The first-order chi connectivity index (χ1) is 9.44. The van der Waals surface area contributed by atoms with Crippen molar-refractivity contribution in [1.82, 2.24) is 10.6 Å². The first-order valence-electron chi connectivity index (χ1n) is 5.71. The van der Waals surface area contributed by atoms with Crippen LogP contribution in [0.15, 0.2) is 0 Å². The molecule has 0 unspecified atom stereocenters. The zero-order valence-electron chi connectivity index (χ0n) is 11.8. The number of carbonyl (C=O) groups is 2. The molecule has 0 radical (unpaired) electrons. The Morgan fingerprint density at radius 3 is 1.45 bits per heavy atom. The molecule has 8 heteroatoms. The molecule has 0 aromatic heterocycles. The van der Waals surface area contributed by atoms with Crippen LogP contribution in [-0.4, -0.2) is 40.1 Å². The third-order valence-corrected chi connectivity index (χ3v) is 2.80. The van der Waals surface area contributed by atoms with Gasteiger partial charge in [0.25, 0.3) is 11.8 Å². The lowest BCUT2D eigenvalue weighted by Gasteiger charge is -2.19. The number of nitrogens with one attached hydrogen (secondary N) is 2. The molecular weight excluding hydrogens is 264 g/mol. The van der Waals surface area contributed by atoms with E-state index in [0.717, 1.165) is 0 Å². The van der Waals surface area contributed by atoms with Crippen LogP contribution in [0.1, 0.15) is 20.7 Å². The van der Waals surface area contributed by atoms with Crippen LogP contribution < -0.4 is 31.6 Å². The highest BCUT2D eigenvalue weighted by Gasteiger charge is 2.29. The number of hydrogen-bond donors (Lipinski definition) is 4. The molecule has 0 fully saturated rings. The van der Waals surface area contributed by atoms with Gasteiger partial charge in [0.05, 0.1) is 25.6 Å². The van der Waals surface area contributed by atoms with E-state index in [1.54, 1.807) is 0 Å². The van der Waals surface area contributed by atoms with Gasteiger partial charge in [-0.15, -0.1) is 0 Å². The van der Waals surface area contributed by atoms with Crippen molar-refractivity contribution in [3.63, 3.8) is 0 Å². The Kier molecular flexibility index (Phi) is 4.63. The fraction of sp³-hybridized carbons (Fsp3) is 0.333. The fourth-order valence-electron chi connectivity index (χ4n) is 1.87. The smallest absolute Gasteiger partial charge is 0.257 e. The molecule has 110 valence electrons. The van der Waals surface area contributed by atoms with Crippen LogP contribution in [0, 0.1) is 0 Å². The number of ether oxygens (including phenoxy) is 2. The summed E-state index contributed by atoms with van der Waals surface area (Å²) in [5.41, 5.74) is 11.8. The van der Waals surface area contributed by atoms with Gasteiger partial charge in [0.15, 0.2) is 5.75 Å². The minimum Gasteiger partial charge on any atom is -0.495 e. The van der Waals surface area contributed by atoms with Crippen LogP contribution in [0.25, 0.3) is 0 Å². The maximum Gasteiger partial charge on any atom is 0.257 e. The number of hydrogen-bond acceptors (Lipinski definition) is 6. The molecule has 6 N–H and O–H groups in total. The van der Waals surface area contributed by atoms with Crippen LogP contribution >= 0.6 is 0 Å².